The number of rotatable bonds is 9. The maximum Gasteiger partial charge on any atom is 0.344 e. The number of nitrogens with zero attached hydrogens (tertiary/aromatic N) is 1. The Morgan fingerprint density at radius 1 is 1.11 bits per heavy atom. The molecule has 0 bridgehead atoms. The number of para-hydroxylation sites is 2. The molecule has 0 saturated carbocycles. The van der Waals surface area contributed by atoms with Crippen molar-refractivity contribution in [2.75, 3.05) is 37.9 Å². The number of hydrogen-bond donors (Lipinski definition) is 0. The molecule has 1 aliphatic heterocycles. The minimum Gasteiger partial charge on any atom is -0.490 e. The molecular weight excluding hydrogens is 374 g/mol. The number of carbonyl (C=O) groups is 2. The molecule has 9 heteroatoms. The lowest BCUT2D eigenvalue weighted by molar-refractivity contribution is -0.154. The summed E-state index contributed by atoms with van der Waals surface area (Å²) in [7, 11) is -3.10. The second-order valence-corrected chi connectivity index (χ2v) is 8.29. The zero-order valence-electron chi connectivity index (χ0n) is 15.5. The molecule has 8 nitrogen and oxygen atoms in total. The number of benzene rings is 1. The maximum atomic E-state index is 12.3. The van der Waals surface area contributed by atoms with E-state index >= 15 is 0 Å². The van der Waals surface area contributed by atoms with Gasteiger partial charge in [-0.25, -0.2) is 13.2 Å². The first-order chi connectivity index (χ1) is 12.9. The quantitative estimate of drug-likeness (QED) is 0.572. The van der Waals surface area contributed by atoms with Gasteiger partial charge in [0, 0.05) is 12.6 Å². The molecule has 1 saturated heterocycles. The number of carbonyl (C=O) groups excluding carboxylic acids is 2. The average Bonchev–Trinajstić information content (AvgIpc) is 2.99. The topological polar surface area (TPSA) is 99.2 Å². The van der Waals surface area contributed by atoms with Crippen LogP contribution in [0.25, 0.3) is 0 Å². The van der Waals surface area contributed by atoms with Crippen LogP contribution in [-0.2, 0) is 24.2 Å². The van der Waals surface area contributed by atoms with Gasteiger partial charge in [0.1, 0.15) is 0 Å². The second-order valence-electron chi connectivity index (χ2n) is 6.07. The highest BCUT2D eigenvalue weighted by Gasteiger charge is 2.34. The maximum absolute atomic E-state index is 12.3. The lowest BCUT2D eigenvalue weighted by Crippen LogP contribution is -2.43. The largest absolute Gasteiger partial charge is 0.490 e. The Morgan fingerprint density at radius 3 is 2.33 bits per heavy atom. The summed E-state index contributed by atoms with van der Waals surface area (Å²) >= 11 is 0. The van der Waals surface area contributed by atoms with Gasteiger partial charge >= 0.3 is 5.97 Å². The Bertz CT molecular complexity index is 763. The van der Waals surface area contributed by atoms with Crippen LogP contribution in [0.4, 0.5) is 0 Å². The highest BCUT2D eigenvalue weighted by Crippen LogP contribution is 2.26. The first-order valence-electron chi connectivity index (χ1n) is 8.86. The molecule has 27 heavy (non-hydrogen) atoms. The van der Waals surface area contributed by atoms with Crippen LogP contribution in [0.2, 0.25) is 0 Å². The molecule has 1 atom stereocenters. The average molecular weight is 399 g/mol. The number of likely N-dealkylation sites (N-methyl/N-ethyl adjacent to an activating group) is 1. The minimum absolute atomic E-state index is 0.0438. The third-order valence-electron chi connectivity index (χ3n) is 4.16. The minimum atomic E-state index is -3.10. The normalized spacial score (nSPS) is 17.9. The Kier molecular flexibility index (Phi) is 7.46. The number of amides is 1. The summed E-state index contributed by atoms with van der Waals surface area (Å²) in [6.07, 6.45) is 0.410. The smallest absolute Gasteiger partial charge is 0.344 e. The van der Waals surface area contributed by atoms with E-state index in [0.717, 1.165) is 0 Å². The molecule has 1 aromatic rings. The summed E-state index contributed by atoms with van der Waals surface area (Å²) in [5.41, 5.74) is 0. The van der Waals surface area contributed by atoms with E-state index in [1.54, 1.807) is 31.2 Å². The van der Waals surface area contributed by atoms with Crippen LogP contribution < -0.4 is 9.47 Å². The van der Waals surface area contributed by atoms with Crippen LogP contribution in [0.5, 0.6) is 11.5 Å². The number of ether oxygens (including phenoxy) is 3. The van der Waals surface area contributed by atoms with Crippen molar-refractivity contribution in [1.29, 1.82) is 0 Å². The molecule has 1 aliphatic rings. The summed E-state index contributed by atoms with van der Waals surface area (Å²) in [5.74, 6) is -0.142. The molecular formula is C18H25NO7S. The summed E-state index contributed by atoms with van der Waals surface area (Å²) in [6, 6.07) is 6.57. The molecule has 1 heterocycles. The van der Waals surface area contributed by atoms with E-state index in [4.69, 9.17) is 14.2 Å². The van der Waals surface area contributed by atoms with Gasteiger partial charge in [0.15, 0.2) is 34.6 Å². The second kappa shape index (κ2) is 9.59. The fourth-order valence-corrected chi connectivity index (χ4v) is 4.64. The molecule has 0 radical (unpaired) electrons. The third-order valence-corrected chi connectivity index (χ3v) is 5.91. The van der Waals surface area contributed by atoms with Crippen molar-refractivity contribution in [2.45, 2.75) is 26.3 Å². The van der Waals surface area contributed by atoms with Crippen LogP contribution in [0.3, 0.4) is 0 Å². The third kappa shape index (κ3) is 6.13. The Morgan fingerprint density at radius 2 is 1.78 bits per heavy atom. The van der Waals surface area contributed by atoms with E-state index in [0.29, 0.717) is 31.1 Å². The van der Waals surface area contributed by atoms with Crippen molar-refractivity contribution in [2.24, 2.45) is 0 Å². The summed E-state index contributed by atoms with van der Waals surface area (Å²) in [5, 5.41) is 0. The molecule has 0 aliphatic carbocycles. The fourth-order valence-electron chi connectivity index (χ4n) is 2.91. The molecule has 2 rings (SSSR count). The Balaban J connectivity index is 1.81. The molecule has 0 aromatic heterocycles. The Labute approximate surface area is 159 Å². The molecule has 0 spiro atoms. The lowest BCUT2D eigenvalue weighted by atomic mass is 10.2. The van der Waals surface area contributed by atoms with Crippen molar-refractivity contribution in [3.63, 3.8) is 0 Å². The predicted octanol–water partition coefficient (Wildman–Crippen LogP) is 1.04. The summed E-state index contributed by atoms with van der Waals surface area (Å²) < 4.78 is 39.0. The van der Waals surface area contributed by atoms with Gasteiger partial charge in [-0.2, -0.15) is 0 Å². The van der Waals surface area contributed by atoms with E-state index in [2.05, 4.69) is 0 Å². The zero-order valence-corrected chi connectivity index (χ0v) is 16.4. The monoisotopic (exact) mass is 399 g/mol. The molecule has 1 fully saturated rings. The molecule has 1 amide bonds. The molecule has 1 unspecified atom stereocenters. The first-order valence-corrected chi connectivity index (χ1v) is 10.7. The van der Waals surface area contributed by atoms with E-state index in [9.17, 15) is 18.0 Å². The fraction of sp³-hybridized carbons (Fsp3) is 0.556. The Hall–Kier alpha value is -2.29. The summed E-state index contributed by atoms with van der Waals surface area (Å²) in [6.45, 7) is 3.61. The van der Waals surface area contributed by atoms with Gasteiger partial charge in [-0.1, -0.05) is 12.1 Å². The van der Waals surface area contributed by atoms with Crippen molar-refractivity contribution in [3.05, 3.63) is 24.3 Å². The van der Waals surface area contributed by atoms with Gasteiger partial charge in [0.25, 0.3) is 5.91 Å². The van der Waals surface area contributed by atoms with Crippen LogP contribution in [0.15, 0.2) is 24.3 Å². The molecule has 0 N–H and O–H groups in total. The number of esters is 1. The van der Waals surface area contributed by atoms with E-state index < -0.39 is 28.3 Å². The predicted molar refractivity (Wildman–Crippen MR) is 98.5 cm³/mol. The highest BCUT2D eigenvalue weighted by atomic mass is 32.2. The van der Waals surface area contributed by atoms with Crippen molar-refractivity contribution in [1.82, 2.24) is 4.90 Å². The molecule has 150 valence electrons. The van der Waals surface area contributed by atoms with Gasteiger partial charge in [-0.3, -0.25) is 4.79 Å². The molecule has 1 aromatic carbocycles. The van der Waals surface area contributed by atoms with Gasteiger partial charge in [0.2, 0.25) is 0 Å². The van der Waals surface area contributed by atoms with Crippen molar-refractivity contribution < 1.29 is 32.2 Å². The van der Waals surface area contributed by atoms with Crippen LogP contribution >= 0.6 is 0 Å². The summed E-state index contributed by atoms with van der Waals surface area (Å²) in [4.78, 5) is 25.6. The van der Waals surface area contributed by atoms with Crippen LogP contribution in [0, 0.1) is 0 Å². The van der Waals surface area contributed by atoms with Gasteiger partial charge < -0.3 is 19.1 Å². The van der Waals surface area contributed by atoms with Gasteiger partial charge in [0.05, 0.1) is 18.1 Å². The first kappa shape index (κ1) is 21.0. The van der Waals surface area contributed by atoms with Crippen molar-refractivity contribution >= 4 is 21.7 Å². The number of sulfone groups is 1. The van der Waals surface area contributed by atoms with Gasteiger partial charge in [-0.15, -0.1) is 0 Å². The number of hydrogen-bond acceptors (Lipinski definition) is 7. The standard InChI is InChI=1S/C18H25NO7S/c1-3-19(14-9-10-27(22,23)13-14)17(20)11-26-18(21)12-25-16-8-6-5-7-15(16)24-4-2/h5-8,14H,3-4,9-13H2,1-2H3. The van der Waals surface area contributed by atoms with E-state index in [1.807, 2.05) is 6.92 Å². The van der Waals surface area contributed by atoms with Crippen LogP contribution in [-0.4, -0.2) is 69.1 Å². The highest BCUT2D eigenvalue weighted by molar-refractivity contribution is 7.91. The SMILES string of the molecule is CCOc1ccccc1OCC(=O)OCC(=O)N(CC)C1CCS(=O)(=O)C1. The van der Waals surface area contributed by atoms with Gasteiger partial charge in [-0.05, 0) is 32.4 Å². The zero-order chi connectivity index (χ0) is 19.9. The van der Waals surface area contributed by atoms with Crippen molar-refractivity contribution in [3.8, 4) is 11.5 Å². The van der Waals surface area contributed by atoms with E-state index in [1.165, 1.54) is 4.90 Å². The van der Waals surface area contributed by atoms with E-state index in [-0.39, 0.29) is 24.2 Å². The lowest BCUT2D eigenvalue weighted by Gasteiger charge is -2.26. The van der Waals surface area contributed by atoms with Crippen LogP contribution in [0.1, 0.15) is 20.3 Å².